The molecule has 0 spiro atoms. The Morgan fingerprint density at radius 1 is 0.935 bits per heavy atom. The first kappa shape index (κ1) is 20.6. The van der Waals surface area contributed by atoms with E-state index < -0.39 is 35.4 Å². The largest absolute Gasteiger partial charge is 0.444 e. The topological polar surface area (TPSA) is 93.2 Å². The molecule has 1 atom stereocenters. The van der Waals surface area contributed by atoms with Crippen LogP contribution in [0, 0.1) is 0 Å². The van der Waals surface area contributed by atoms with Crippen molar-refractivity contribution >= 4 is 23.9 Å². The number of carbonyl (C=O) groups is 4. The van der Waals surface area contributed by atoms with Gasteiger partial charge in [0.25, 0.3) is 11.8 Å². The van der Waals surface area contributed by atoms with Crippen molar-refractivity contribution in [1.82, 2.24) is 9.96 Å². The zero-order valence-corrected chi connectivity index (χ0v) is 17.5. The zero-order chi connectivity index (χ0) is 22.3. The lowest BCUT2D eigenvalue weighted by molar-refractivity contribution is -0.171. The van der Waals surface area contributed by atoms with E-state index in [-0.39, 0.29) is 24.2 Å². The van der Waals surface area contributed by atoms with Gasteiger partial charge in [-0.2, -0.15) is 0 Å². The van der Waals surface area contributed by atoms with Crippen LogP contribution in [0.4, 0.5) is 4.79 Å². The second-order valence-corrected chi connectivity index (χ2v) is 8.47. The molecule has 0 bridgehead atoms. The number of imide groups is 1. The number of amides is 3. The molecule has 8 nitrogen and oxygen atoms in total. The summed E-state index contributed by atoms with van der Waals surface area (Å²) in [6, 6.07) is 13.4. The van der Waals surface area contributed by atoms with Gasteiger partial charge in [-0.3, -0.25) is 9.59 Å². The maximum atomic E-state index is 13.1. The van der Waals surface area contributed by atoms with Crippen LogP contribution in [0.15, 0.2) is 48.5 Å². The average Bonchev–Trinajstić information content (AvgIpc) is 2.96. The lowest BCUT2D eigenvalue weighted by Crippen LogP contribution is -2.45. The van der Waals surface area contributed by atoms with E-state index in [2.05, 4.69) is 0 Å². The molecule has 0 aromatic heterocycles. The third-order valence-corrected chi connectivity index (χ3v) is 5.07. The zero-order valence-electron chi connectivity index (χ0n) is 17.5. The third-order valence-electron chi connectivity index (χ3n) is 5.07. The van der Waals surface area contributed by atoms with Crippen LogP contribution in [0.1, 0.15) is 58.5 Å². The van der Waals surface area contributed by atoms with Gasteiger partial charge >= 0.3 is 12.1 Å². The maximum absolute atomic E-state index is 13.1. The summed E-state index contributed by atoms with van der Waals surface area (Å²) in [7, 11) is 0. The van der Waals surface area contributed by atoms with E-state index in [1.54, 1.807) is 45.0 Å². The first-order chi connectivity index (χ1) is 14.7. The summed E-state index contributed by atoms with van der Waals surface area (Å²) in [5.74, 6) is -3.05. The van der Waals surface area contributed by atoms with Gasteiger partial charge in [0, 0.05) is 13.1 Å². The Bertz CT molecular complexity index is 1050. The Morgan fingerprint density at radius 3 is 2.13 bits per heavy atom. The summed E-state index contributed by atoms with van der Waals surface area (Å²) < 4.78 is 5.45. The smallest absolute Gasteiger partial charge is 0.410 e. The molecule has 0 N–H and O–H groups in total. The van der Waals surface area contributed by atoms with Gasteiger partial charge in [0.05, 0.1) is 11.1 Å². The van der Waals surface area contributed by atoms with Crippen LogP contribution < -0.4 is 0 Å². The van der Waals surface area contributed by atoms with Crippen molar-refractivity contribution in [2.75, 3.05) is 6.54 Å². The minimum absolute atomic E-state index is 0.00787. The molecular weight excluding hydrogens is 400 g/mol. The maximum Gasteiger partial charge on any atom is 0.410 e. The van der Waals surface area contributed by atoms with E-state index in [0.29, 0.717) is 10.6 Å². The molecular formula is C23H22N2O6. The lowest BCUT2D eigenvalue weighted by Gasteiger charge is -2.34. The quantitative estimate of drug-likeness (QED) is 0.690. The molecule has 0 aliphatic carbocycles. The van der Waals surface area contributed by atoms with Gasteiger partial charge in [0.15, 0.2) is 0 Å². The lowest BCUT2D eigenvalue weighted by atomic mass is 9.90. The van der Waals surface area contributed by atoms with Gasteiger partial charge in [-0.1, -0.05) is 41.5 Å². The van der Waals surface area contributed by atoms with E-state index in [1.165, 1.54) is 17.0 Å². The summed E-state index contributed by atoms with van der Waals surface area (Å²) in [5, 5.41) is 0.488. The van der Waals surface area contributed by atoms with Crippen LogP contribution in [0.5, 0.6) is 0 Å². The number of ether oxygens (including phenoxy) is 1. The second kappa shape index (κ2) is 7.54. The molecule has 2 aliphatic heterocycles. The standard InChI is InChI=1S/C23H22N2O6/c1-23(2,3)30-22(29)24-12-14-8-4-5-9-15(14)18(13-24)21(28)31-25-19(26)16-10-6-7-11-17(16)20(25)27/h4-11,18H,12-13H2,1-3H3. The molecule has 2 heterocycles. The Morgan fingerprint density at radius 2 is 1.52 bits per heavy atom. The number of nitrogens with zero attached hydrogens (tertiary/aromatic N) is 2. The van der Waals surface area contributed by atoms with Crippen molar-refractivity contribution in [2.45, 2.75) is 38.8 Å². The highest BCUT2D eigenvalue weighted by molar-refractivity contribution is 6.20. The van der Waals surface area contributed by atoms with Gasteiger partial charge in [-0.15, -0.1) is 0 Å². The van der Waals surface area contributed by atoms with Crippen molar-refractivity contribution in [2.24, 2.45) is 0 Å². The fraction of sp³-hybridized carbons (Fsp3) is 0.304. The van der Waals surface area contributed by atoms with Crippen LogP contribution in [0.25, 0.3) is 0 Å². The van der Waals surface area contributed by atoms with Crippen molar-refractivity contribution in [3.8, 4) is 0 Å². The Labute approximate surface area is 179 Å². The fourth-order valence-corrected chi connectivity index (χ4v) is 3.68. The molecule has 4 rings (SSSR count). The molecule has 0 saturated heterocycles. The molecule has 31 heavy (non-hydrogen) atoms. The molecule has 160 valence electrons. The summed E-state index contributed by atoms with van der Waals surface area (Å²) in [4.78, 5) is 57.5. The molecule has 8 heteroatoms. The molecule has 0 saturated carbocycles. The van der Waals surface area contributed by atoms with Crippen LogP contribution in [0.3, 0.4) is 0 Å². The minimum Gasteiger partial charge on any atom is -0.444 e. The monoisotopic (exact) mass is 422 g/mol. The molecule has 2 aromatic rings. The Hall–Kier alpha value is -3.68. The van der Waals surface area contributed by atoms with Crippen molar-refractivity contribution in [3.05, 3.63) is 70.8 Å². The molecule has 1 unspecified atom stereocenters. The average molecular weight is 422 g/mol. The van der Waals surface area contributed by atoms with E-state index >= 15 is 0 Å². The van der Waals surface area contributed by atoms with Gasteiger partial charge in [-0.05, 0) is 44.0 Å². The SMILES string of the molecule is CC(C)(C)OC(=O)N1Cc2ccccc2C(C(=O)ON2C(=O)c3ccccc3C2=O)C1. The highest BCUT2D eigenvalue weighted by Gasteiger charge is 2.42. The highest BCUT2D eigenvalue weighted by Crippen LogP contribution is 2.32. The molecule has 2 aromatic carbocycles. The number of hydrogen-bond acceptors (Lipinski definition) is 6. The number of hydrogen-bond donors (Lipinski definition) is 0. The van der Waals surface area contributed by atoms with Gasteiger partial charge in [0.1, 0.15) is 11.5 Å². The second-order valence-electron chi connectivity index (χ2n) is 8.47. The fourth-order valence-electron chi connectivity index (χ4n) is 3.68. The van der Waals surface area contributed by atoms with Crippen LogP contribution >= 0.6 is 0 Å². The number of carbonyl (C=O) groups excluding carboxylic acids is 4. The molecule has 0 fully saturated rings. The number of benzene rings is 2. The first-order valence-electron chi connectivity index (χ1n) is 9.91. The summed E-state index contributed by atoms with van der Waals surface area (Å²) in [6.45, 7) is 5.57. The summed E-state index contributed by atoms with van der Waals surface area (Å²) >= 11 is 0. The number of rotatable bonds is 2. The highest BCUT2D eigenvalue weighted by atomic mass is 16.7. The normalized spacial score (nSPS) is 17.8. The Kier molecular flexibility index (Phi) is 5.00. The van der Waals surface area contributed by atoms with Crippen LogP contribution in [-0.4, -0.2) is 46.0 Å². The Balaban J connectivity index is 1.58. The molecule has 2 aliphatic rings. The van der Waals surface area contributed by atoms with E-state index in [0.717, 1.165) is 5.56 Å². The van der Waals surface area contributed by atoms with Crippen LogP contribution in [-0.2, 0) is 20.9 Å². The van der Waals surface area contributed by atoms with E-state index in [4.69, 9.17) is 9.57 Å². The van der Waals surface area contributed by atoms with Gasteiger partial charge < -0.3 is 14.5 Å². The number of hydroxylamine groups is 2. The molecule has 3 amide bonds. The van der Waals surface area contributed by atoms with Crippen molar-refractivity contribution in [1.29, 1.82) is 0 Å². The van der Waals surface area contributed by atoms with Gasteiger partial charge in [0.2, 0.25) is 0 Å². The van der Waals surface area contributed by atoms with Gasteiger partial charge in [-0.25, -0.2) is 9.59 Å². The first-order valence-corrected chi connectivity index (χ1v) is 9.91. The van der Waals surface area contributed by atoms with E-state index in [9.17, 15) is 19.2 Å². The van der Waals surface area contributed by atoms with Crippen molar-refractivity contribution < 1.29 is 28.8 Å². The summed E-state index contributed by atoms with van der Waals surface area (Å²) in [5.41, 5.74) is 1.12. The predicted molar refractivity (Wildman–Crippen MR) is 109 cm³/mol. The predicted octanol–water partition coefficient (Wildman–Crippen LogP) is 3.28. The van der Waals surface area contributed by atoms with E-state index in [1.807, 2.05) is 12.1 Å². The summed E-state index contributed by atoms with van der Waals surface area (Å²) in [6.07, 6.45) is -0.555. The number of fused-ring (bicyclic) bond motifs is 2. The third kappa shape index (κ3) is 3.88. The van der Waals surface area contributed by atoms with Crippen LogP contribution in [0.2, 0.25) is 0 Å². The minimum atomic E-state index is -0.873. The van der Waals surface area contributed by atoms with Crippen molar-refractivity contribution in [3.63, 3.8) is 0 Å². The molecule has 0 radical (unpaired) electrons.